The van der Waals surface area contributed by atoms with Gasteiger partial charge in [0.1, 0.15) is 0 Å². The zero-order valence-corrected chi connectivity index (χ0v) is 13.6. The molecule has 2 aromatic carbocycles. The van der Waals surface area contributed by atoms with Crippen LogP contribution in [0.1, 0.15) is 0 Å². The van der Waals surface area contributed by atoms with E-state index in [1.807, 2.05) is 24.3 Å². The van der Waals surface area contributed by atoms with Crippen molar-refractivity contribution in [2.75, 3.05) is 14.2 Å². The number of methoxy groups -OCH3 is 2. The number of rotatable bonds is 6. The quantitative estimate of drug-likeness (QED) is 0.620. The molecule has 0 unspecified atom stereocenters. The van der Waals surface area contributed by atoms with E-state index < -0.39 is 0 Å². The second-order valence-electron chi connectivity index (χ2n) is 3.77. The summed E-state index contributed by atoms with van der Waals surface area (Å²) in [6, 6.07) is 14.4. The number of hydrogen-bond donors (Lipinski definition) is 2. The number of benzene rings is 2. The highest BCUT2D eigenvalue weighted by atomic mass is 35.5. The summed E-state index contributed by atoms with van der Waals surface area (Å²) in [7, 11) is 3.12. The summed E-state index contributed by atoms with van der Waals surface area (Å²) in [5.41, 5.74) is 0. The van der Waals surface area contributed by atoms with Crippen molar-refractivity contribution in [3.05, 3.63) is 48.5 Å². The van der Waals surface area contributed by atoms with Crippen molar-refractivity contribution in [1.29, 1.82) is 10.8 Å². The normalized spacial score (nSPS) is 8.43. The van der Waals surface area contributed by atoms with Gasteiger partial charge in [0.2, 0.25) is 0 Å². The second-order valence-corrected chi connectivity index (χ2v) is 3.77. The van der Waals surface area contributed by atoms with Gasteiger partial charge in [-0.25, -0.2) is 0 Å². The maximum absolute atomic E-state index is 6.71. The smallest absolute Gasteiger partial charge is 0.174 e. The predicted octanol–water partition coefficient (Wildman–Crippen LogP) is 3.78. The molecular formula is C16H19ClN2O4. The van der Waals surface area contributed by atoms with Gasteiger partial charge >= 0.3 is 0 Å². The molecule has 0 aliphatic carbocycles. The lowest BCUT2D eigenvalue weighted by Gasteiger charge is -2.04. The molecule has 0 saturated carbocycles. The molecule has 0 heterocycles. The number of nitrogens with one attached hydrogen (secondary N) is 2. The Balaban J connectivity index is 0.000000403. The Labute approximate surface area is 141 Å². The van der Waals surface area contributed by atoms with Crippen LogP contribution in [0.4, 0.5) is 0 Å². The largest absolute Gasteiger partial charge is 0.493 e. The fraction of sp³-hybridized carbons (Fsp3) is 0.125. The molecule has 0 saturated heterocycles. The summed E-state index contributed by atoms with van der Waals surface area (Å²) >= 11 is 0. The summed E-state index contributed by atoms with van der Waals surface area (Å²) < 4.78 is 19.6. The summed E-state index contributed by atoms with van der Waals surface area (Å²) in [4.78, 5) is 0. The van der Waals surface area contributed by atoms with Gasteiger partial charge < -0.3 is 18.9 Å². The zero-order chi connectivity index (χ0) is 16.2. The van der Waals surface area contributed by atoms with E-state index in [0.717, 1.165) is 12.8 Å². The van der Waals surface area contributed by atoms with Gasteiger partial charge in [0, 0.05) is 0 Å². The van der Waals surface area contributed by atoms with Gasteiger partial charge in [-0.1, -0.05) is 24.3 Å². The average molecular weight is 339 g/mol. The molecule has 2 rings (SSSR count). The number of halogens is 1. The minimum absolute atomic E-state index is 0. The molecule has 0 aliphatic rings. The van der Waals surface area contributed by atoms with Gasteiger partial charge in [0.05, 0.1) is 14.2 Å². The molecule has 2 N–H and O–H groups in total. The highest BCUT2D eigenvalue weighted by Crippen LogP contribution is 2.25. The molecule has 0 spiro atoms. The van der Waals surface area contributed by atoms with Crippen molar-refractivity contribution >= 4 is 25.2 Å². The van der Waals surface area contributed by atoms with Crippen LogP contribution in [0.5, 0.6) is 23.0 Å². The molecule has 0 fully saturated rings. The molecule has 0 bridgehead atoms. The number of ether oxygens (including phenoxy) is 4. The highest BCUT2D eigenvalue weighted by Gasteiger charge is 1.99. The second kappa shape index (κ2) is 11.9. The molecule has 2 aromatic rings. The van der Waals surface area contributed by atoms with E-state index in [2.05, 4.69) is 0 Å². The Morgan fingerprint density at radius 3 is 1.22 bits per heavy atom. The van der Waals surface area contributed by atoms with Crippen molar-refractivity contribution in [3.8, 4) is 23.0 Å². The Bertz CT molecular complexity index is 555. The van der Waals surface area contributed by atoms with Crippen LogP contribution in [-0.2, 0) is 0 Å². The SMILES string of the molecule is COc1ccccc1OC=N.COc1ccccc1OC=N.Cl. The molecular weight excluding hydrogens is 320 g/mol. The van der Waals surface area contributed by atoms with Crippen LogP contribution in [0, 0.1) is 10.8 Å². The standard InChI is InChI=1S/2C8H9NO2.ClH/c2*1-10-7-4-2-3-5-8(7)11-6-9;/h2*2-6,9H,1H3;1H. The Hall–Kier alpha value is -2.73. The molecule has 0 atom stereocenters. The minimum atomic E-state index is 0. The van der Waals surface area contributed by atoms with E-state index in [0.29, 0.717) is 23.0 Å². The van der Waals surface area contributed by atoms with Crippen molar-refractivity contribution in [3.63, 3.8) is 0 Å². The summed E-state index contributed by atoms with van der Waals surface area (Å²) in [6.45, 7) is 0. The van der Waals surface area contributed by atoms with E-state index in [4.69, 9.17) is 29.8 Å². The highest BCUT2D eigenvalue weighted by molar-refractivity contribution is 5.85. The maximum Gasteiger partial charge on any atom is 0.174 e. The third-order valence-electron chi connectivity index (χ3n) is 2.51. The number of hydrogen-bond acceptors (Lipinski definition) is 6. The van der Waals surface area contributed by atoms with Crippen molar-refractivity contribution in [2.24, 2.45) is 0 Å². The first kappa shape index (κ1) is 20.3. The van der Waals surface area contributed by atoms with Gasteiger partial charge in [-0.3, -0.25) is 10.8 Å². The van der Waals surface area contributed by atoms with E-state index in [1.165, 1.54) is 0 Å². The fourth-order valence-electron chi connectivity index (χ4n) is 1.56. The Kier molecular flexibility index (Phi) is 10.5. The molecule has 7 heteroatoms. The third-order valence-corrected chi connectivity index (χ3v) is 2.51. The van der Waals surface area contributed by atoms with E-state index in [-0.39, 0.29) is 12.4 Å². The van der Waals surface area contributed by atoms with Gasteiger partial charge in [0.15, 0.2) is 35.8 Å². The first-order valence-electron chi connectivity index (χ1n) is 6.34. The van der Waals surface area contributed by atoms with Crippen LogP contribution in [-0.4, -0.2) is 27.0 Å². The lowest BCUT2D eigenvalue weighted by atomic mass is 10.3. The molecule has 0 aromatic heterocycles. The molecule has 6 nitrogen and oxygen atoms in total. The van der Waals surface area contributed by atoms with Crippen LogP contribution in [0.25, 0.3) is 0 Å². The summed E-state index contributed by atoms with van der Waals surface area (Å²) in [5, 5.41) is 13.4. The minimum Gasteiger partial charge on any atom is -0.493 e. The fourth-order valence-corrected chi connectivity index (χ4v) is 1.56. The lowest BCUT2D eigenvalue weighted by molar-refractivity contribution is 0.393. The maximum atomic E-state index is 6.71. The zero-order valence-electron chi connectivity index (χ0n) is 12.8. The van der Waals surface area contributed by atoms with Crippen LogP contribution in [0.15, 0.2) is 48.5 Å². The molecule has 23 heavy (non-hydrogen) atoms. The van der Waals surface area contributed by atoms with Crippen LogP contribution in [0.2, 0.25) is 0 Å². The molecule has 0 radical (unpaired) electrons. The molecule has 0 amide bonds. The van der Waals surface area contributed by atoms with Crippen LogP contribution >= 0.6 is 12.4 Å². The van der Waals surface area contributed by atoms with E-state index >= 15 is 0 Å². The van der Waals surface area contributed by atoms with E-state index in [9.17, 15) is 0 Å². The van der Waals surface area contributed by atoms with Crippen molar-refractivity contribution in [2.45, 2.75) is 0 Å². The number of para-hydroxylation sites is 4. The predicted molar refractivity (Wildman–Crippen MR) is 92.1 cm³/mol. The summed E-state index contributed by atoms with van der Waals surface area (Å²) in [6.07, 6.45) is 1.75. The van der Waals surface area contributed by atoms with Crippen LogP contribution < -0.4 is 18.9 Å². The molecule has 0 aliphatic heterocycles. The topological polar surface area (TPSA) is 84.6 Å². The third kappa shape index (κ3) is 6.71. The lowest BCUT2D eigenvalue weighted by Crippen LogP contribution is -1.91. The molecule has 124 valence electrons. The van der Waals surface area contributed by atoms with Gasteiger partial charge in [-0.15, -0.1) is 12.4 Å². The monoisotopic (exact) mass is 338 g/mol. The van der Waals surface area contributed by atoms with Gasteiger partial charge in [-0.05, 0) is 24.3 Å². The van der Waals surface area contributed by atoms with Crippen molar-refractivity contribution in [1.82, 2.24) is 0 Å². The average Bonchev–Trinajstić information content (AvgIpc) is 2.57. The summed E-state index contributed by atoms with van der Waals surface area (Å²) in [5.74, 6) is 2.39. The first-order valence-corrected chi connectivity index (χ1v) is 6.34. The van der Waals surface area contributed by atoms with Crippen molar-refractivity contribution < 1.29 is 18.9 Å². The van der Waals surface area contributed by atoms with E-state index in [1.54, 1.807) is 38.5 Å². The van der Waals surface area contributed by atoms with Gasteiger partial charge in [0.25, 0.3) is 0 Å². The van der Waals surface area contributed by atoms with Gasteiger partial charge in [-0.2, -0.15) is 0 Å². The first-order chi connectivity index (χ1) is 10.8. The Morgan fingerprint density at radius 1 is 0.652 bits per heavy atom. The Morgan fingerprint density at radius 2 is 0.957 bits per heavy atom. The van der Waals surface area contributed by atoms with Crippen LogP contribution in [0.3, 0.4) is 0 Å².